The maximum absolute atomic E-state index is 8.79. The van der Waals surface area contributed by atoms with E-state index < -0.39 is 0 Å². The Morgan fingerprint density at radius 2 is 0.317 bits per heavy atom. The van der Waals surface area contributed by atoms with E-state index in [9.17, 15) is 0 Å². The Balaban J connectivity index is 3.02. The van der Waals surface area contributed by atoms with Gasteiger partial charge in [-0.15, -0.1) is 11.6 Å². The Labute approximate surface area is 266 Å². The van der Waals surface area contributed by atoms with Gasteiger partial charge in [-0.05, 0) is 12.8 Å². The molecule has 2 heteroatoms. The molecule has 0 spiro atoms. The second-order valence-electron chi connectivity index (χ2n) is 13.5. The fraction of sp³-hybridized carbons (Fsp3) is 1.00. The third-order valence-electron chi connectivity index (χ3n) is 9.29. The third kappa shape index (κ3) is 40.2. The fourth-order valence-corrected chi connectivity index (χ4v) is 6.58. The summed E-state index contributed by atoms with van der Waals surface area (Å²) in [6.45, 7) is 0.373. The molecular formula is C39H79ClO. The summed E-state index contributed by atoms with van der Waals surface area (Å²) in [7, 11) is 0. The van der Waals surface area contributed by atoms with Crippen LogP contribution in [0, 0.1) is 0 Å². The molecule has 0 aliphatic carbocycles. The molecular weight excluding hydrogens is 520 g/mol. The SMILES string of the molecule is OCCCCCCCCCCCCCCCCCCCCCCCCCCCCCCCCCCCCCCCCl. The van der Waals surface area contributed by atoms with E-state index in [4.69, 9.17) is 16.7 Å². The zero-order valence-electron chi connectivity index (χ0n) is 28.4. The van der Waals surface area contributed by atoms with Crippen LogP contribution in [0.25, 0.3) is 0 Å². The highest BCUT2D eigenvalue weighted by molar-refractivity contribution is 6.17. The lowest BCUT2D eigenvalue weighted by atomic mass is 10.0. The Morgan fingerprint density at radius 1 is 0.195 bits per heavy atom. The lowest BCUT2D eigenvalue weighted by Crippen LogP contribution is -1.85. The molecule has 1 N–H and O–H groups in total. The van der Waals surface area contributed by atoms with Crippen LogP contribution in [0.2, 0.25) is 0 Å². The highest BCUT2D eigenvalue weighted by Gasteiger charge is 1.97. The zero-order chi connectivity index (χ0) is 29.6. The van der Waals surface area contributed by atoms with Crippen LogP contribution in [0.4, 0.5) is 0 Å². The van der Waals surface area contributed by atoms with Crippen LogP contribution in [0.3, 0.4) is 0 Å². The first-order valence-corrected chi connectivity index (χ1v) is 20.1. The van der Waals surface area contributed by atoms with Crippen LogP contribution in [-0.2, 0) is 0 Å². The van der Waals surface area contributed by atoms with Gasteiger partial charge in [0.1, 0.15) is 0 Å². The standard InChI is InChI=1S/C39H79ClO/c40-38-36-34-32-30-28-26-24-22-20-18-16-14-12-10-8-6-4-2-1-3-5-7-9-11-13-15-17-19-21-23-25-27-29-31-33-35-37-39-41/h41H,1-39H2. The lowest BCUT2D eigenvalue weighted by Gasteiger charge is -2.05. The van der Waals surface area contributed by atoms with Crippen molar-refractivity contribution in [2.75, 3.05) is 12.5 Å². The average molecular weight is 600 g/mol. The first kappa shape index (κ1) is 41.2. The van der Waals surface area contributed by atoms with Gasteiger partial charge in [-0.3, -0.25) is 0 Å². The van der Waals surface area contributed by atoms with E-state index >= 15 is 0 Å². The minimum absolute atomic E-state index is 0.373. The molecule has 0 aliphatic rings. The second-order valence-corrected chi connectivity index (χ2v) is 13.9. The molecule has 0 saturated heterocycles. The monoisotopic (exact) mass is 599 g/mol. The predicted molar refractivity (Wildman–Crippen MR) is 189 cm³/mol. The molecule has 0 bridgehead atoms. The third-order valence-corrected chi connectivity index (χ3v) is 9.56. The number of unbranched alkanes of at least 4 members (excludes halogenated alkanes) is 36. The van der Waals surface area contributed by atoms with Crippen molar-refractivity contribution in [1.82, 2.24) is 0 Å². The Hall–Kier alpha value is 0.250. The summed E-state index contributed by atoms with van der Waals surface area (Å²) in [4.78, 5) is 0. The van der Waals surface area contributed by atoms with E-state index in [-0.39, 0.29) is 0 Å². The molecule has 0 atom stereocenters. The van der Waals surface area contributed by atoms with E-state index in [1.807, 2.05) is 0 Å². The molecule has 0 unspecified atom stereocenters. The Kier molecular flexibility index (Phi) is 40.5. The fourth-order valence-electron chi connectivity index (χ4n) is 6.39. The number of alkyl halides is 1. The second kappa shape index (κ2) is 40.2. The van der Waals surface area contributed by atoms with Gasteiger partial charge in [0.2, 0.25) is 0 Å². The average Bonchev–Trinajstić information content (AvgIpc) is 2.98. The lowest BCUT2D eigenvalue weighted by molar-refractivity contribution is 0.282. The molecule has 0 aromatic carbocycles. The van der Waals surface area contributed by atoms with Crippen LogP contribution in [0.1, 0.15) is 238 Å². The van der Waals surface area contributed by atoms with Crippen molar-refractivity contribution in [3.8, 4) is 0 Å². The Morgan fingerprint density at radius 3 is 0.439 bits per heavy atom. The maximum atomic E-state index is 8.79. The van der Waals surface area contributed by atoms with E-state index in [0.29, 0.717) is 6.61 Å². The van der Waals surface area contributed by atoms with Crippen molar-refractivity contribution >= 4 is 11.6 Å². The molecule has 0 heterocycles. The van der Waals surface area contributed by atoms with Crippen molar-refractivity contribution in [2.45, 2.75) is 238 Å². The van der Waals surface area contributed by atoms with Gasteiger partial charge < -0.3 is 5.11 Å². The van der Waals surface area contributed by atoms with Crippen LogP contribution >= 0.6 is 11.6 Å². The number of hydrogen-bond donors (Lipinski definition) is 1. The van der Waals surface area contributed by atoms with Crippen molar-refractivity contribution in [1.29, 1.82) is 0 Å². The molecule has 0 aromatic rings. The van der Waals surface area contributed by atoms with E-state index in [1.54, 1.807) is 0 Å². The maximum Gasteiger partial charge on any atom is 0.0431 e. The van der Waals surface area contributed by atoms with Crippen LogP contribution in [-0.4, -0.2) is 17.6 Å². The summed E-state index contributed by atoms with van der Waals surface area (Å²) in [5, 5.41) is 8.79. The van der Waals surface area contributed by atoms with Crippen LogP contribution in [0.15, 0.2) is 0 Å². The smallest absolute Gasteiger partial charge is 0.0431 e. The molecule has 41 heavy (non-hydrogen) atoms. The highest BCUT2D eigenvalue weighted by atomic mass is 35.5. The quantitative estimate of drug-likeness (QED) is 0.0553. The van der Waals surface area contributed by atoms with Crippen molar-refractivity contribution in [3.05, 3.63) is 0 Å². The van der Waals surface area contributed by atoms with Gasteiger partial charge in [0.05, 0.1) is 0 Å². The van der Waals surface area contributed by atoms with E-state index in [1.165, 1.54) is 231 Å². The van der Waals surface area contributed by atoms with Gasteiger partial charge in [0, 0.05) is 12.5 Å². The molecule has 0 rings (SSSR count). The van der Waals surface area contributed by atoms with Crippen molar-refractivity contribution in [2.24, 2.45) is 0 Å². The molecule has 0 fully saturated rings. The number of hydrogen-bond acceptors (Lipinski definition) is 1. The summed E-state index contributed by atoms with van der Waals surface area (Å²) in [6.07, 6.45) is 52.9. The summed E-state index contributed by atoms with van der Waals surface area (Å²) in [5.41, 5.74) is 0. The van der Waals surface area contributed by atoms with Gasteiger partial charge in [-0.25, -0.2) is 0 Å². The minimum Gasteiger partial charge on any atom is -0.396 e. The summed E-state index contributed by atoms with van der Waals surface area (Å²) in [6, 6.07) is 0. The van der Waals surface area contributed by atoms with Gasteiger partial charge in [0.25, 0.3) is 0 Å². The normalized spacial score (nSPS) is 11.6. The van der Waals surface area contributed by atoms with Crippen molar-refractivity contribution in [3.63, 3.8) is 0 Å². The van der Waals surface area contributed by atoms with Crippen LogP contribution < -0.4 is 0 Å². The number of aliphatic hydroxyl groups is 1. The minimum atomic E-state index is 0.373. The summed E-state index contributed by atoms with van der Waals surface area (Å²) < 4.78 is 0. The Bertz CT molecular complexity index is 388. The largest absolute Gasteiger partial charge is 0.396 e. The van der Waals surface area contributed by atoms with E-state index in [0.717, 1.165) is 12.3 Å². The summed E-state index contributed by atoms with van der Waals surface area (Å²) in [5.74, 6) is 0.844. The number of aliphatic hydroxyl groups excluding tert-OH is 1. The molecule has 0 amide bonds. The first-order valence-electron chi connectivity index (χ1n) is 19.6. The number of rotatable bonds is 38. The van der Waals surface area contributed by atoms with Crippen LogP contribution in [0.5, 0.6) is 0 Å². The molecule has 0 aliphatic heterocycles. The molecule has 0 aromatic heterocycles. The van der Waals surface area contributed by atoms with Gasteiger partial charge in [-0.2, -0.15) is 0 Å². The summed E-state index contributed by atoms with van der Waals surface area (Å²) >= 11 is 5.73. The van der Waals surface area contributed by atoms with E-state index in [2.05, 4.69) is 0 Å². The molecule has 0 saturated carbocycles. The molecule has 1 nitrogen and oxygen atoms in total. The molecule has 0 radical (unpaired) electrons. The van der Waals surface area contributed by atoms with Gasteiger partial charge in [0.15, 0.2) is 0 Å². The predicted octanol–water partition coefficient (Wildman–Crippen LogP) is 14.7. The van der Waals surface area contributed by atoms with Gasteiger partial charge >= 0.3 is 0 Å². The first-order chi connectivity index (χ1) is 20.4. The van der Waals surface area contributed by atoms with Crippen molar-refractivity contribution < 1.29 is 5.11 Å². The number of halogens is 1. The highest BCUT2D eigenvalue weighted by Crippen LogP contribution is 2.17. The van der Waals surface area contributed by atoms with Gasteiger partial charge in [-0.1, -0.05) is 225 Å². The zero-order valence-corrected chi connectivity index (χ0v) is 29.2. The topological polar surface area (TPSA) is 20.2 Å². The molecule has 248 valence electrons.